The lowest BCUT2D eigenvalue weighted by Crippen LogP contribution is -2.45. The van der Waals surface area contributed by atoms with Crippen LogP contribution < -0.4 is 10.1 Å². The number of ether oxygens (including phenoxy) is 1. The van der Waals surface area contributed by atoms with Gasteiger partial charge in [0, 0.05) is 28.6 Å². The van der Waals surface area contributed by atoms with E-state index in [9.17, 15) is 9.90 Å². The third-order valence-corrected chi connectivity index (χ3v) is 4.66. The van der Waals surface area contributed by atoms with Crippen molar-refractivity contribution in [3.05, 3.63) is 65.4 Å². The number of hydrogen-bond donors (Lipinski definition) is 3. The van der Waals surface area contributed by atoms with E-state index in [1.165, 1.54) is 0 Å². The van der Waals surface area contributed by atoms with Gasteiger partial charge < -0.3 is 14.8 Å². The second kappa shape index (κ2) is 5.69. The molecule has 0 saturated carbocycles. The van der Waals surface area contributed by atoms with Crippen molar-refractivity contribution in [2.45, 2.75) is 18.5 Å². The molecule has 0 fully saturated rings. The van der Waals surface area contributed by atoms with E-state index < -0.39 is 12.0 Å². The van der Waals surface area contributed by atoms with E-state index in [-0.39, 0.29) is 6.04 Å². The number of methoxy groups -OCH3 is 1. The third-order valence-electron chi connectivity index (χ3n) is 4.66. The van der Waals surface area contributed by atoms with Gasteiger partial charge in [-0.25, -0.2) is 0 Å². The highest BCUT2D eigenvalue weighted by Gasteiger charge is 2.34. The molecule has 0 spiro atoms. The molecule has 5 heteroatoms. The summed E-state index contributed by atoms with van der Waals surface area (Å²) in [4.78, 5) is 15.1. The third kappa shape index (κ3) is 2.25. The largest absolute Gasteiger partial charge is 0.496 e. The van der Waals surface area contributed by atoms with Crippen LogP contribution in [0.1, 0.15) is 22.9 Å². The number of carbonyl (C=O) groups is 1. The SMILES string of the molecule is COc1ccccc1[C@@H]1N[C@H](C(=O)O)Cc2c1[nH]c1ccccc21. The molecule has 0 unspecified atom stereocenters. The van der Waals surface area contributed by atoms with Gasteiger partial charge in [0.2, 0.25) is 0 Å². The van der Waals surface area contributed by atoms with Crippen molar-refractivity contribution in [2.24, 2.45) is 0 Å². The fourth-order valence-corrected chi connectivity index (χ4v) is 3.54. The van der Waals surface area contributed by atoms with Crippen molar-refractivity contribution in [2.75, 3.05) is 7.11 Å². The Morgan fingerprint density at radius 2 is 1.92 bits per heavy atom. The van der Waals surface area contributed by atoms with Gasteiger partial charge in [0.05, 0.1) is 13.2 Å². The second-order valence-electron chi connectivity index (χ2n) is 6.00. The molecule has 3 aromatic rings. The van der Waals surface area contributed by atoms with Gasteiger partial charge in [0.15, 0.2) is 0 Å². The number of fused-ring (bicyclic) bond motifs is 3. The van der Waals surface area contributed by atoms with E-state index in [4.69, 9.17) is 4.74 Å². The van der Waals surface area contributed by atoms with E-state index >= 15 is 0 Å². The first kappa shape index (κ1) is 14.8. The molecule has 122 valence electrons. The maximum atomic E-state index is 11.6. The Balaban J connectivity index is 1.93. The van der Waals surface area contributed by atoms with Crippen molar-refractivity contribution < 1.29 is 14.6 Å². The van der Waals surface area contributed by atoms with E-state index in [0.29, 0.717) is 6.42 Å². The molecule has 0 aliphatic carbocycles. The van der Waals surface area contributed by atoms with Crippen molar-refractivity contribution in [3.8, 4) is 5.75 Å². The molecule has 24 heavy (non-hydrogen) atoms. The number of H-pyrrole nitrogens is 1. The number of para-hydroxylation sites is 2. The molecule has 1 aromatic heterocycles. The fraction of sp³-hybridized carbons (Fsp3) is 0.211. The number of aliphatic carboxylic acids is 1. The lowest BCUT2D eigenvalue weighted by molar-refractivity contribution is -0.139. The summed E-state index contributed by atoms with van der Waals surface area (Å²) in [5, 5.41) is 13.9. The molecule has 0 bridgehead atoms. The van der Waals surface area contributed by atoms with Crippen LogP contribution in [0.25, 0.3) is 10.9 Å². The van der Waals surface area contributed by atoms with E-state index in [1.807, 2.05) is 48.5 Å². The Morgan fingerprint density at radius 3 is 2.71 bits per heavy atom. The zero-order valence-electron chi connectivity index (χ0n) is 13.2. The second-order valence-corrected chi connectivity index (χ2v) is 6.00. The average molecular weight is 322 g/mol. The smallest absolute Gasteiger partial charge is 0.321 e. The molecular formula is C19H18N2O3. The molecule has 5 nitrogen and oxygen atoms in total. The minimum Gasteiger partial charge on any atom is -0.496 e. The normalized spacial score (nSPS) is 19.9. The highest BCUT2D eigenvalue weighted by atomic mass is 16.5. The van der Waals surface area contributed by atoms with Gasteiger partial charge in [-0.15, -0.1) is 0 Å². The fourth-order valence-electron chi connectivity index (χ4n) is 3.54. The predicted molar refractivity (Wildman–Crippen MR) is 91.4 cm³/mol. The number of benzene rings is 2. The monoisotopic (exact) mass is 322 g/mol. The average Bonchev–Trinajstić information content (AvgIpc) is 2.99. The number of nitrogens with one attached hydrogen (secondary N) is 2. The Hall–Kier alpha value is -2.79. The Kier molecular flexibility index (Phi) is 3.50. The molecule has 2 aromatic carbocycles. The Labute approximate surface area is 139 Å². The van der Waals surface area contributed by atoms with Crippen LogP contribution in [-0.2, 0) is 11.2 Å². The van der Waals surface area contributed by atoms with Gasteiger partial charge >= 0.3 is 5.97 Å². The zero-order valence-corrected chi connectivity index (χ0v) is 13.2. The Morgan fingerprint density at radius 1 is 1.17 bits per heavy atom. The summed E-state index contributed by atoms with van der Waals surface area (Å²) in [5.74, 6) is -0.100. The van der Waals surface area contributed by atoms with Gasteiger partial charge in [-0.2, -0.15) is 0 Å². The van der Waals surface area contributed by atoms with Gasteiger partial charge in [0.1, 0.15) is 11.8 Å². The van der Waals surface area contributed by atoms with Crippen molar-refractivity contribution >= 4 is 16.9 Å². The number of carboxylic acid groups (broad SMARTS) is 1. The first-order valence-electron chi connectivity index (χ1n) is 7.90. The molecule has 2 atom stereocenters. The maximum absolute atomic E-state index is 11.6. The number of aromatic nitrogens is 1. The number of carboxylic acids is 1. The summed E-state index contributed by atoms with van der Waals surface area (Å²) in [6.07, 6.45) is 0.459. The van der Waals surface area contributed by atoms with Gasteiger partial charge in [-0.3, -0.25) is 10.1 Å². The van der Waals surface area contributed by atoms with Crippen LogP contribution >= 0.6 is 0 Å². The molecule has 1 aliphatic rings. The first-order chi connectivity index (χ1) is 11.7. The van der Waals surface area contributed by atoms with Crippen LogP contribution in [0.15, 0.2) is 48.5 Å². The van der Waals surface area contributed by atoms with Crippen molar-refractivity contribution in [3.63, 3.8) is 0 Å². The number of hydrogen-bond acceptors (Lipinski definition) is 3. The molecular weight excluding hydrogens is 304 g/mol. The minimum atomic E-state index is -0.842. The predicted octanol–water partition coefficient (Wildman–Crippen LogP) is 2.86. The van der Waals surface area contributed by atoms with Gasteiger partial charge in [0.25, 0.3) is 0 Å². The van der Waals surface area contributed by atoms with Crippen LogP contribution in [0.4, 0.5) is 0 Å². The van der Waals surface area contributed by atoms with Crippen LogP contribution in [-0.4, -0.2) is 29.2 Å². The standard InChI is InChI=1S/C19H18N2O3/c1-24-16-9-5-3-7-12(16)17-18-13(10-15(21-17)19(22)23)11-6-2-4-8-14(11)20-18/h2-9,15,17,20-21H,10H2,1H3,(H,22,23)/t15-,17-/m0/s1. The lowest BCUT2D eigenvalue weighted by atomic mass is 9.90. The van der Waals surface area contributed by atoms with Gasteiger partial charge in [-0.05, 0) is 17.7 Å². The summed E-state index contributed by atoms with van der Waals surface area (Å²) in [6, 6.07) is 14.8. The summed E-state index contributed by atoms with van der Waals surface area (Å²) >= 11 is 0. The summed E-state index contributed by atoms with van der Waals surface area (Å²) < 4.78 is 5.48. The molecule has 0 saturated heterocycles. The maximum Gasteiger partial charge on any atom is 0.321 e. The molecule has 0 radical (unpaired) electrons. The van der Waals surface area contributed by atoms with Crippen molar-refractivity contribution in [1.29, 1.82) is 0 Å². The van der Waals surface area contributed by atoms with E-state index in [1.54, 1.807) is 7.11 Å². The van der Waals surface area contributed by atoms with Crippen LogP contribution in [0, 0.1) is 0 Å². The molecule has 4 rings (SSSR count). The van der Waals surface area contributed by atoms with Crippen LogP contribution in [0.2, 0.25) is 0 Å². The van der Waals surface area contributed by atoms with Crippen molar-refractivity contribution in [1.82, 2.24) is 10.3 Å². The topological polar surface area (TPSA) is 74.3 Å². The van der Waals surface area contributed by atoms with E-state index in [2.05, 4.69) is 10.3 Å². The van der Waals surface area contributed by atoms with Gasteiger partial charge in [-0.1, -0.05) is 36.4 Å². The highest BCUT2D eigenvalue weighted by molar-refractivity contribution is 5.87. The molecule has 3 N–H and O–H groups in total. The Bertz CT molecular complexity index is 916. The first-order valence-corrected chi connectivity index (χ1v) is 7.90. The number of aromatic amines is 1. The lowest BCUT2D eigenvalue weighted by Gasteiger charge is -2.30. The molecule has 0 amide bonds. The quantitative estimate of drug-likeness (QED) is 0.693. The zero-order chi connectivity index (χ0) is 16.7. The summed E-state index contributed by atoms with van der Waals surface area (Å²) in [7, 11) is 1.63. The summed E-state index contributed by atoms with van der Waals surface area (Å²) in [5.41, 5.74) is 4.03. The minimum absolute atomic E-state index is 0.251. The van der Waals surface area contributed by atoms with Crippen LogP contribution in [0.5, 0.6) is 5.75 Å². The molecule has 1 aliphatic heterocycles. The van der Waals surface area contributed by atoms with E-state index in [0.717, 1.165) is 33.5 Å². The molecule has 2 heterocycles. The highest BCUT2D eigenvalue weighted by Crippen LogP contribution is 2.38. The van der Waals surface area contributed by atoms with Crippen LogP contribution in [0.3, 0.4) is 0 Å². The summed E-state index contributed by atoms with van der Waals surface area (Å²) in [6.45, 7) is 0. The number of rotatable bonds is 3.